The van der Waals surface area contributed by atoms with Crippen molar-refractivity contribution in [3.8, 4) is 12.3 Å². The highest BCUT2D eigenvalue weighted by molar-refractivity contribution is 5.49. The summed E-state index contributed by atoms with van der Waals surface area (Å²) in [5.41, 5.74) is 0.936. The molecule has 6 aromatic carbocycles. The molecule has 8 heteroatoms. The molecule has 57 heavy (non-hydrogen) atoms. The Morgan fingerprint density at radius 1 is 0.614 bits per heavy atom. The molecule has 7 aromatic rings. The topological polar surface area (TPSA) is 103 Å². The van der Waals surface area contributed by atoms with Crippen LogP contribution in [0.15, 0.2) is 198 Å². The molecule has 282 valence electrons. The Kier molecular flexibility index (Phi) is 10.6. The van der Waals surface area contributed by atoms with Gasteiger partial charge in [0.05, 0.1) is 6.61 Å². The maximum Gasteiger partial charge on any atom is 0.330 e. The van der Waals surface area contributed by atoms with Crippen LogP contribution in [0.4, 0.5) is 0 Å². The summed E-state index contributed by atoms with van der Waals surface area (Å²) in [6.07, 6.45) is 2.12. The lowest BCUT2D eigenvalue weighted by atomic mass is 9.79. The summed E-state index contributed by atoms with van der Waals surface area (Å²) in [6.45, 7) is -0.134. The molecule has 0 unspecified atom stereocenters. The van der Waals surface area contributed by atoms with E-state index in [-0.39, 0.29) is 12.2 Å². The molecule has 0 radical (unpaired) electrons. The second-order valence-electron chi connectivity index (χ2n) is 13.9. The van der Waals surface area contributed by atoms with Gasteiger partial charge in [0.15, 0.2) is 6.23 Å². The zero-order chi connectivity index (χ0) is 39.2. The van der Waals surface area contributed by atoms with Gasteiger partial charge >= 0.3 is 5.69 Å². The molecular formula is C49H40N2O6. The van der Waals surface area contributed by atoms with Crippen LogP contribution in [0.3, 0.4) is 0 Å². The number of aromatic amines is 1. The van der Waals surface area contributed by atoms with Crippen LogP contribution < -0.4 is 11.2 Å². The summed E-state index contributed by atoms with van der Waals surface area (Å²) < 4.78 is 22.4. The molecule has 8 nitrogen and oxygen atoms in total. The van der Waals surface area contributed by atoms with Crippen molar-refractivity contribution < 1.29 is 19.3 Å². The van der Waals surface area contributed by atoms with Crippen LogP contribution in [0, 0.1) is 12.3 Å². The van der Waals surface area contributed by atoms with E-state index in [4.69, 9.17) is 20.6 Å². The largest absolute Gasteiger partial charge is 0.387 e. The Morgan fingerprint density at radius 2 is 0.982 bits per heavy atom. The van der Waals surface area contributed by atoms with Crippen LogP contribution in [0.1, 0.15) is 45.2 Å². The second kappa shape index (κ2) is 16.2. The third kappa shape index (κ3) is 6.95. The molecule has 1 fully saturated rings. The molecule has 0 amide bonds. The maximum atomic E-state index is 13.7. The molecule has 1 aliphatic rings. The van der Waals surface area contributed by atoms with Crippen LogP contribution in [0.25, 0.3) is 0 Å². The standard InChI is InChI=1S/C49H40N2O6/c1-2-35-33-51(47(54)50-45(35)53)46-44(57-49(39-27-15-6-16-28-39,40-29-17-7-18-30-40)41-31-19-8-20-32-41)43(52)42(56-46)34-55-48(36-21-9-3-10-22-36,37-23-11-4-12-24-37)38-25-13-5-14-26-38/h1,3-33,42-44,46,52H,34H2,(H,50,53,54)/t42-,43-,44-,46-/m1/s1. The smallest absolute Gasteiger partial charge is 0.330 e. The number of aliphatic hydroxyl groups is 1. The third-order valence-electron chi connectivity index (χ3n) is 10.6. The molecule has 0 aliphatic carbocycles. The fourth-order valence-corrected chi connectivity index (χ4v) is 7.89. The summed E-state index contributed by atoms with van der Waals surface area (Å²) in [4.78, 5) is 28.7. The van der Waals surface area contributed by atoms with Gasteiger partial charge in [0, 0.05) is 6.20 Å². The number of hydrogen-bond acceptors (Lipinski definition) is 6. The first-order valence-corrected chi connectivity index (χ1v) is 18.8. The zero-order valence-corrected chi connectivity index (χ0v) is 30.9. The molecule has 1 aliphatic heterocycles. The Hall–Kier alpha value is -6.60. The van der Waals surface area contributed by atoms with Gasteiger partial charge in [-0.3, -0.25) is 14.3 Å². The van der Waals surface area contributed by atoms with Crippen molar-refractivity contribution in [3.63, 3.8) is 0 Å². The molecule has 1 aromatic heterocycles. The normalized spacial score (nSPS) is 18.2. The van der Waals surface area contributed by atoms with E-state index in [1.807, 2.05) is 182 Å². The highest BCUT2D eigenvalue weighted by Crippen LogP contribution is 2.46. The van der Waals surface area contributed by atoms with E-state index < -0.39 is 47.0 Å². The van der Waals surface area contributed by atoms with Gasteiger partial charge in [0.1, 0.15) is 35.1 Å². The van der Waals surface area contributed by atoms with E-state index in [9.17, 15) is 14.7 Å². The summed E-state index contributed by atoms with van der Waals surface area (Å²) in [5.74, 6) is 2.36. The molecule has 2 heterocycles. The first-order valence-electron chi connectivity index (χ1n) is 18.8. The number of nitrogens with zero attached hydrogens (tertiary/aromatic N) is 1. The first-order chi connectivity index (χ1) is 28.0. The van der Waals surface area contributed by atoms with Gasteiger partial charge in [-0.15, -0.1) is 6.42 Å². The van der Waals surface area contributed by atoms with Crippen molar-refractivity contribution in [2.75, 3.05) is 6.61 Å². The van der Waals surface area contributed by atoms with E-state index in [0.717, 1.165) is 33.4 Å². The molecule has 1 saturated heterocycles. The molecule has 8 rings (SSSR count). The van der Waals surface area contributed by atoms with Gasteiger partial charge in [-0.25, -0.2) is 4.79 Å². The highest BCUT2D eigenvalue weighted by Gasteiger charge is 2.52. The molecule has 4 atom stereocenters. The van der Waals surface area contributed by atoms with Crippen molar-refractivity contribution >= 4 is 0 Å². The lowest BCUT2D eigenvalue weighted by Gasteiger charge is -2.40. The lowest BCUT2D eigenvalue weighted by Crippen LogP contribution is -2.46. The summed E-state index contributed by atoms with van der Waals surface area (Å²) in [6, 6.07) is 58.8. The minimum Gasteiger partial charge on any atom is -0.387 e. The minimum absolute atomic E-state index is 0.0807. The Morgan fingerprint density at radius 3 is 1.35 bits per heavy atom. The van der Waals surface area contributed by atoms with E-state index in [1.165, 1.54) is 10.8 Å². The van der Waals surface area contributed by atoms with Gasteiger partial charge < -0.3 is 19.3 Å². The fraction of sp³-hybridized carbons (Fsp3) is 0.143. The molecule has 2 N–H and O–H groups in total. The van der Waals surface area contributed by atoms with Crippen LogP contribution in [-0.2, 0) is 25.4 Å². The van der Waals surface area contributed by atoms with Gasteiger partial charge in [0.2, 0.25) is 0 Å². The Labute approximate surface area is 330 Å². The van der Waals surface area contributed by atoms with Gasteiger partial charge in [-0.2, -0.15) is 0 Å². The molecule has 0 bridgehead atoms. The van der Waals surface area contributed by atoms with Crippen molar-refractivity contribution in [2.24, 2.45) is 0 Å². The number of aliphatic hydroxyl groups excluding tert-OH is 1. The van der Waals surface area contributed by atoms with E-state index in [1.54, 1.807) is 0 Å². The predicted molar refractivity (Wildman–Crippen MR) is 218 cm³/mol. The van der Waals surface area contributed by atoms with Crippen molar-refractivity contribution in [1.82, 2.24) is 9.55 Å². The number of ether oxygens (including phenoxy) is 3. The number of aromatic nitrogens is 2. The number of benzene rings is 6. The number of nitrogens with one attached hydrogen (secondary N) is 1. The van der Waals surface area contributed by atoms with Crippen molar-refractivity contribution in [3.05, 3.63) is 248 Å². The van der Waals surface area contributed by atoms with Crippen LogP contribution in [0.2, 0.25) is 0 Å². The van der Waals surface area contributed by atoms with Gasteiger partial charge in [-0.05, 0) is 33.4 Å². The Bertz CT molecular complexity index is 2360. The van der Waals surface area contributed by atoms with Crippen molar-refractivity contribution in [1.29, 1.82) is 0 Å². The number of rotatable bonds is 12. The average molecular weight is 753 g/mol. The number of hydrogen-bond donors (Lipinski definition) is 2. The number of H-pyrrole nitrogens is 1. The monoisotopic (exact) mass is 752 g/mol. The summed E-state index contributed by atoms with van der Waals surface area (Å²) in [5, 5.41) is 12.6. The minimum atomic E-state index is -1.36. The highest BCUT2D eigenvalue weighted by atomic mass is 16.6. The zero-order valence-electron chi connectivity index (χ0n) is 30.9. The van der Waals surface area contributed by atoms with E-state index >= 15 is 0 Å². The SMILES string of the molecule is C#Cc1cn([C@@H]2O[C@H](COC(c3ccccc3)(c3ccccc3)c3ccccc3)[C@@H](O)[C@H]2OC(c2ccccc2)(c2ccccc2)c2ccccc2)c(=O)[nH]c1=O. The predicted octanol–water partition coefficient (Wildman–Crippen LogP) is 7.16. The third-order valence-corrected chi connectivity index (χ3v) is 10.6. The molecule has 0 spiro atoms. The van der Waals surface area contributed by atoms with Crippen LogP contribution >= 0.6 is 0 Å². The van der Waals surface area contributed by atoms with E-state index in [0.29, 0.717) is 0 Å². The summed E-state index contributed by atoms with van der Waals surface area (Å²) >= 11 is 0. The maximum absolute atomic E-state index is 13.7. The average Bonchev–Trinajstić information content (AvgIpc) is 3.58. The first kappa shape index (κ1) is 37.3. The Balaban J connectivity index is 1.28. The lowest BCUT2D eigenvalue weighted by molar-refractivity contribution is -0.125. The van der Waals surface area contributed by atoms with Crippen LogP contribution in [-0.4, -0.2) is 39.6 Å². The van der Waals surface area contributed by atoms with Crippen molar-refractivity contribution in [2.45, 2.75) is 35.7 Å². The quantitative estimate of drug-likeness (QED) is 0.102. The number of terminal acetylenes is 1. The fourth-order valence-electron chi connectivity index (χ4n) is 7.89. The van der Waals surface area contributed by atoms with E-state index in [2.05, 4.69) is 10.9 Å². The van der Waals surface area contributed by atoms with Crippen LogP contribution in [0.5, 0.6) is 0 Å². The van der Waals surface area contributed by atoms with Gasteiger partial charge in [-0.1, -0.05) is 188 Å². The second-order valence-corrected chi connectivity index (χ2v) is 13.9. The van der Waals surface area contributed by atoms with Gasteiger partial charge in [0.25, 0.3) is 5.56 Å². The summed E-state index contributed by atoms with van der Waals surface area (Å²) in [7, 11) is 0. The molecular weight excluding hydrogens is 713 g/mol. The molecule has 0 saturated carbocycles.